The highest BCUT2D eigenvalue weighted by Gasteiger charge is 2.26. The van der Waals surface area contributed by atoms with E-state index >= 15 is 0 Å². The highest BCUT2D eigenvalue weighted by atomic mass is 16.5. The smallest absolute Gasteiger partial charge is 0.254 e. The molecule has 5 rings (SSSR count). The van der Waals surface area contributed by atoms with Gasteiger partial charge in [-0.05, 0) is 55.8 Å². The molecule has 0 unspecified atom stereocenters. The fourth-order valence-electron chi connectivity index (χ4n) is 5.20. The van der Waals surface area contributed by atoms with Gasteiger partial charge in [-0.2, -0.15) is 0 Å². The molecule has 5 nitrogen and oxygen atoms in total. The van der Waals surface area contributed by atoms with Crippen molar-refractivity contribution in [2.45, 2.75) is 38.1 Å². The van der Waals surface area contributed by atoms with Crippen LogP contribution in [0.2, 0.25) is 0 Å². The van der Waals surface area contributed by atoms with Crippen LogP contribution in [0.25, 0.3) is 10.9 Å². The number of carbonyl (C=O) groups is 1. The first-order valence-corrected chi connectivity index (χ1v) is 12.3. The monoisotopic (exact) mass is 443 g/mol. The van der Waals surface area contributed by atoms with Gasteiger partial charge in [0, 0.05) is 36.6 Å². The molecule has 0 spiro atoms. The van der Waals surface area contributed by atoms with Gasteiger partial charge in [0.05, 0.1) is 24.3 Å². The quantitative estimate of drug-likeness (QED) is 0.596. The van der Waals surface area contributed by atoms with Gasteiger partial charge in [0.1, 0.15) is 0 Å². The Balaban J connectivity index is 1.26. The summed E-state index contributed by atoms with van der Waals surface area (Å²) < 4.78 is 5.44. The van der Waals surface area contributed by atoms with Crippen molar-refractivity contribution in [2.24, 2.45) is 5.92 Å². The number of amides is 1. The molecule has 1 saturated heterocycles. The van der Waals surface area contributed by atoms with Crippen LogP contribution in [0.3, 0.4) is 0 Å². The molecule has 2 aliphatic rings. The van der Waals surface area contributed by atoms with Crippen molar-refractivity contribution < 1.29 is 9.53 Å². The van der Waals surface area contributed by atoms with Crippen LogP contribution in [0.1, 0.15) is 53.2 Å². The Labute approximate surface area is 196 Å². The molecule has 2 aromatic carbocycles. The van der Waals surface area contributed by atoms with Crippen molar-refractivity contribution in [3.05, 3.63) is 77.5 Å². The molecule has 3 aromatic rings. The molecule has 2 heterocycles. The van der Waals surface area contributed by atoms with E-state index in [0.717, 1.165) is 48.1 Å². The van der Waals surface area contributed by atoms with Crippen LogP contribution in [0.5, 0.6) is 0 Å². The SMILES string of the molecule is O=C(c1cc(C2CCC(CNCc3ccccc3)CC2)nc2ccccc12)N1CCOCC1. The largest absolute Gasteiger partial charge is 0.378 e. The van der Waals surface area contributed by atoms with E-state index in [2.05, 4.69) is 41.7 Å². The van der Waals surface area contributed by atoms with Crippen molar-refractivity contribution in [3.63, 3.8) is 0 Å². The number of para-hydroxylation sites is 1. The summed E-state index contributed by atoms with van der Waals surface area (Å²) in [7, 11) is 0. The second kappa shape index (κ2) is 10.4. The molecule has 5 heteroatoms. The molecule has 1 N–H and O–H groups in total. The van der Waals surface area contributed by atoms with Gasteiger partial charge >= 0.3 is 0 Å². The third kappa shape index (κ3) is 5.26. The fourth-order valence-corrected chi connectivity index (χ4v) is 5.20. The summed E-state index contributed by atoms with van der Waals surface area (Å²) in [5.41, 5.74) is 4.15. The average molecular weight is 444 g/mol. The number of rotatable bonds is 6. The Bertz CT molecular complexity index is 1070. The van der Waals surface area contributed by atoms with E-state index < -0.39 is 0 Å². The minimum atomic E-state index is 0.108. The summed E-state index contributed by atoms with van der Waals surface area (Å²) >= 11 is 0. The third-order valence-electron chi connectivity index (χ3n) is 7.13. The Morgan fingerprint density at radius 1 is 0.970 bits per heavy atom. The number of pyridine rings is 1. The lowest BCUT2D eigenvalue weighted by molar-refractivity contribution is 0.0304. The fraction of sp³-hybridized carbons (Fsp3) is 0.429. The third-order valence-corrected chi connectivity index (χ3v) is 7.13. The molecule has 1 amide bonds. The van der Waals surface area contributed by atoms with Crippen LogP contribution in [0, 0.1) is 5.92 Å². The molecule has 0 atom stereocenters. The molecule has 172 valence electrons. The Morgan fingerprint density at radius 2 is 1.70 bits per heavy atom. The van der Waals surface area contributed by atoms with Gasteiger partial charge in [0.25, 0.3) is 5.91 Å². The summed E-state index contributed by atoms with van der Waals surface area (Å²) in [4.78, 5) is 20.3. The van der Waals surface area contributed by atoms with Crippen LogP contribution in [-0.2, 0) is 11.3 Å². The number of benzene rings is 2. The van der Waals surface area contributed by atoms with Gasteiger partial charge in [0.2, 0.25) is 0 Å². The summed E-state index contributed by atoms with van der Waals surface area (Å²) in [5, 5.41) is 4.59. The van der Waals surface area contributed by atoms with Crippen molar-refractivity contribution in [1.82, 2.24) is 15.2 Å². The molecule has 33 heavy (non-hydrogen) atoms. The van der Waals surface area contributed by atoms with Crippen LogP contribution in [0.15, 0.2) is 60.7 Å². The van der Waals surface area contributed by atoms with Crippen molar-refractivity contribution in [3.8, 4) is 0 Å². The molecule has 0 bridgehead atoms. The lowest BCUT2D eigenvalue weighted by atomic mass is 9.80. The topological polar surface area (TPSA) is 54.5 Å². The second-order valence-electron chi connectivity index (χ2n) is 9.35. The van der Waals surface area contributed by atoms with Gasteiger partial charge in [-0.25, -0.2) is 0 Å². The number of nitrogens with one attached hydrogen (secondary N) is 1. The molecule has 0 radical (unpaired) electrons. The lowest BCUT2D eigenvalue weighted by Gasteiger charge is -2.30. The zero-order valence-electron chi connectivity index (χ0n) is 19.2. The number of hydrogen-bond donors (Lipinski definition) is 1. The first-order chi connectivity index (χ1) is 16.3. The maximum atomic E-state index is 13.4. The van der Waals surface area contributed by atoms with E-state index in [1.807, 2.05) is 29.2 Å². The van der Waals surface area contributed by atoms with E-state index in [4.69, 9.17) is 9.72 Å². The maximum Gasteiger partial charge on any atom is 0.254 e. The highest BCUT2D eigenvalue weighted by molar-refractivity contribution is 6.06. The van der Waals surface area contributed by atoms with Crippen molar-refractivity contribution >= 4 is 16.8 Å². The predicted octanol–water partition coefficient (Wildman–Crippen LogP) is 4.77. The summed E-state index contributed by atoms with van der Waals surface area (Å²) in [6.07, 6.45) is 4.67. The molecule has 1 aromatic heterocycles. The van der Waals surface area contributed by atoms with Crippen LogP contribution < -0.4 is 5.32 Å². The maximum absolute atomic E-state index is 13.4. The molecular weight excluding hydrogens is 410 g/mol. The van der Waals surface area contributed by atoms with Crippen molar-refractivity contribution in [1.29, 1.82) is 0 Å². The zero-order valence-corrected chi connectivity index (χ0v) is 19.2. The van der Waals surface area contributed by atoms with Crippen LogP contribution in [0.4, 0.5) is 0 Å². The zero-order chi connectivity index (χ0) is 22.5. The Morgan fingerprint density at radius 3 is 2.48 bits per heavy atom. The second-order valence-corrected chi connectivity index (χ2v) is 9.35. The van der Waals surface area contributed by atoms with Gasteiger partial charge in [0.15, 0.2) is 0 Å². The first kappa shape index (κ1) is 22.1. The normalized spacial score (nSPS) is 21.3. The number of ether oxygens (including phenoxy) is 1. The molecular formula is C28H33N3O2. The number of morpholine rings is 1. The summed E-state index contributed by atoms with van der Waals surface area (Å²) in [6, 6.07) is 20.7. The number of fused-ring (bicyclic) bond motifs is 1. The number of hydrogen-bond acceptors (Lipinski definition) is 4. The highest BCUT2D eigenvalue weighted by Crippen LogP contribution is 2.36. The minimum Gasteiger partial charge on any atom is -0.378 e. The lowest BCUT2D eigenvalue weighted by Crippen LogP contribution is -2.40. The number of aromatic nitrogens is 1. The first-order valence-electron chi connectivity index (χ1n) is 12.3. The standard InChI is InChI=1S/C28H33N3O2/c32-28(31-14-16-33-17-15-31)25-18-27(30-26-9-5-4-8-24(25)26)23-12-10-22(11-13-23)20-29-19-21-6-2-1-3-7-21/h1-9,18,22-23,29H,10-17,19-20H2. The van der Waals surface area contributed by atoms with Crippen LogP contribution in [-0.4, -0.2) is 48.6 Å². The van der Waals surface area contributed by atoms with Gasteiger partial charge < -0.3 is 15.0 Å². The van der Waals surface area contributed by atoms with E-state index in [0.29, 0.717) is 38.1 Å². The summed E-state index contributed by atoms with van der Waals surface area (Å²) in [6.45, 7) is 4.54. The van der Waals surface area contributed by atoms with E-state index in [1.165, 1.54) is 18.4 Å². The predicted molar refractivity (Wildman–Crippen MR) is 131 cm³/mol. The summed E-state index contributed by atoms with van der Waals surface area (Å²) in [5.74, 6) is 1.24. The number of carbonyl (C=O) groups excluding carboxylic acids is 1. The van der Waals surface area contributed by atoms with Crippen molar-refractivity contribution in [2.75, 3.05) is 32.8 Å². The molecule has 1 aliphatic carbocycles. The van der Waals surface area contributed by atoms with Gasteiger partial charge in [-0.15, -0.1) is 0 Å². The van der Waals surface area contributed by atoms with Crippen LogP contribution >= 0.6 is 0 Å². The minimum absolute atomic E-state index is 0.108. The van der Waals surface area contributed by atoms with E-state index in [9.17, 15) is 4.79 Å². The van der Waals surface area contributed by atoms with Gasteiger partial charge in [-0.1, -0.05) is 48.5 Å². The number of nitrogens with zero attached hydrogens (tertiary/aromatic N) is 2. The van der Waals surface area contributed by atoms with E-state index in [1.54, 1.807) is 0 Å². The molecule has 2 fully saturated rings. The molecule has 1 saturated carbocycles. The molecule has 1 aliphatic heterocycles. The van der Waals surface area contributed by atoms with E-state index in [-0.39, 0.29) is 5.91 Å². The Hall–Kier alpha value is -2.76. The Kier molecular flexibility index (Phi) is 6.98. The average Bonchev–Trinajstić information content (AvgIpc) is 2.89. The van der Waals surface area contributed by atoms with Gasteiger partial charge in [-0.3, -0.25) is 9.78 Å².